The van der Waals surface area contributed by atoms with Crippen LogP contribution in [0.5, 0.6) is 5.88 Å². The summed E-state index contributed by atoms with van der Waals surface area (Å²) in [5.41, 5.74) is 2.78. The molecule has 1 N–H and O–H groups in total. The van der Waals surface area contributed by atoms with Crippen LogP contribution >= 0.6 is 0 Å². The van der Waals surface area contributed by atoms with Crippen LogP contribution in [-0.4, -0.2) is 49.2 Å². The number of aryl methyl sites for hydroxylation is 1. The van der Waals surface area contributed by atoms with E-state index in [1.807, 2.05) is 6.92 Å². The zero-order valence-electron chi connectivity index (χ0n) is 16.5. The van der Waals surface area contributed by atoms with Crippen molar-refractivity contribution in [3.63, 3.8) is 0 Å². The largest absolute Gasteiger partial charge is 0.474 e. The van der Waals surface area contributed by atoms with Crippen molar-refractivity contribution < 1.29 is 4.74 Å². The number of fused-ring (bicyclic) bond motifs is 1. The topological polar surface area (TPSA) is 72.8 Å². The molecule has 3 aromatic heterocycles. The number of nitrogens with zero attached hydrogens (tertiary/aromatic N) is 3. The average molecular weight is 382 g/mol. The fraction of sp³-hybridized carbons (Fsp3) is 0.450. The van der Waals surface area contributed by atoms with Crippen LogP contribution in [0.1, 0.15) is 44.9 Å². The summed E-state index contributed by atoms with van der Waals surface area (Å²) in [4.78, 5) is 24.4. The molecular weight excluding hydrogens is 361 g/mol. The first-order valence-corrected chi connectivity index (χ1v) is 10.0. The van der Waals surface area contributed by atoms with Gasteiger partial charge in [-0.3, -0.25) is 4.79 Å². The molecule has 6 nitrogen and oxygen atoms in total. The molecule has 0 bridgehead atoms. The van der Waals surface area contributed by atoms with Crippen LogP contribution in [0.15, 0.2) is 29.2 Å². The van der Waals surface area contributed by atoms with Crippen molar-refractivity contribution in [2.24, 2.45) is 0 Å². The van der Waals surface area contributed by atoms with Crippen molar-refractivity contribution in [1.82, 2.24) is 19.5 Å². The Kier molecular flexibility index (Phi) is 5.32. The van der Waals surface area contributed by atoms with E-state index in [2.05, 4.69) is 15.0 Å². The van der Waals surface area contributed by atoms with Gasteiger partial charge in [0.1, 0.15) is 11.9 Å². The summed E-state index contributed by atoms with van der Waals surface area (Å²) >= 11 is 0. The van der Waals surface area contributed by atoms with Crippen LogP contribution in [0.4, 0.5) is 0 Å². The fourth-order valence-corrected chi connectivity index (χ4v) is 3.88. The SMILES string of the molecule is [B]C([B])([B])c1nc(OC2CCCCC2)cc(-c2c[nH]c3ccc(=O)n(CC)c23)n1. The van der Waals surface area contributed by atoms with Gasteiger partial charge in [-0.25, -0.2) is 9.97 Å². The fourth-order valence-electron chi connectivity index (χ4n) is 3.88. The van der Waals surface area contributed by atoms with E-state index in [-0.39, 0.29) is 17.5 Å². The Morgan fingerprint density at radius 1 is 1.21 bits per heavy atom. The first-order valence-electron chi connectivity index (χ1n) is 10.0. The van der Waals surface area contributed by atoms with Gasteiger partial charge in [-0.15, -0.1) is 0 Å². The van der Waals surface area contributed by atoms with E-state index in [0.717, 1.165) is 42.3 Å². The van der Waals surface area contributed by atoms with Gasteiger partial charge in [0.25, 0.3) is 5.56 Å². The molecule has 0 spiro atoms. The van der Waals surface area contributed by atoms with E-state index in [1.54, 1.807) is 29.0 Å². The predicted molar refractivity (Wildman–Crippen MR) is 116 cm³/mol. The molecule has 1 aliphatic carbocycles. The third-order valence-electron chi connectivity index (χ3n) is 5.33. The molecule has 0 aromatic carbocycles. The van der Waals surface area contributed by atoms with Crippen molar-refractivity contribution >= 4 is 34.6 Å². The van der Waals surface area contributed by atoms with Gasteiger partial charge >= 0.3 is 0 Å². The smallest absolute Gasteiger partial charge is 0.251 e. The Bertz CT molecular complexity index is 1080. The van der Waals surface area contributed by atoms with E-state index >= 15 is 0 Å². The summed E-state index contributed by atoms with van der Waals surface area (Å²) < 4.78 is 7.81. The molecule has 0 saturated heterocycles. The lowest BCUT2D eigenvalue weighted by molar-refractivity contribution is 0.148. The van der Waals surface area contributed by atoms with Crippen molar-refractivity contribution in [2.45, 2.75) is 56.8 Å². The second-order valence-corrected chi connectivity index (χ2v) is 7.61. The molecule has 142 valence electrons. The summed E-state index contributed by atoms with van der Waals surface area (Å²) in [6.45, 7) is 2.45. The van der Waals surface area contributed by atoms with Crippen LogP contribution in [0.25, 0.3) is 22.3 Å². The molecule has 1 saturated carbocycles. The number of hydrogen-bond acceptors (Lipinski definition) is 4. The second kappa shape index (κ2) is 7.77. The number of nitrogens with one attached hydrogen (secondary N) is 1. The molecule has 1 aliphatic rings. The number of aromatic nitrogens is 4. The minimum absolute atomic E-state index is 0.0801. The molecule has 0 atom stereocenters. The summed E-state index contributed by atoms with van der Waals surface area (Å²) in [6.07, 6.45) is 7.36. The third-order valence-corrected chi connectivity index (χ3v) is 5.33. The van der Waals surface area contributed by atoms with Crippen molar-refractivity contribution in [3.05, 3.63) is 40.6 Å². The summed E-state index contributed by atoms with van der Waals surface area (Å²) in [5.74, 6) is 0.467. The number of ether oxygens (including phenoxy) is 1. The van der Waals surface area contributed by atoms with Crippen molar-refractivity contribution in [1.29, 1.82) is 0 Å². The van der Waals surface area contributed by atoms with Crippen molar-refractivity contribution in [3.8, 4) is 17.1 Å². The van der Waals surface area contributed by atoms with Gasteiger partial charge in [0.2, 0.25) is 5.88 Å². The quantitative estimate of drug-likeness (QED) is 0.687. The zero-order valence-corrected chi connectivity index (χ0v) is 16.5. The molecule has 3 heterocycles. The molecule has 9 heteroatoms. The molecular formula is C20H21B3N4O2. The maximum absolute atomic E-state index is 12.3. The summed E-state index contributed by atoms with van der Waals surface area (Å²) in [6, 6.07) is 5.05. The second-order valence-electron chi connectivity index (χ2n) is 7.61. The first kappa shape index (κ1) is 19.9. The van der Waals surface area contributed by atoms with Crippen LogP contribution in [0, 0.1) is 0 Å². The Morgan fingerprint density at radius 3 is 2.66 bits per heavy atom. The lowest BCUT2D eigenvalue weighted by atomic mass is 9.42. The molecule has 0 aliphatic heterocycles. The maximum Gasteiger partial charge on any atom is 0.251 e. The van der Waals surface area contributed by atoms with E-state index in [0.29, 0.717) is 18.1 Å². The average Bonchev–Trinajstić information content (AvgIpc) is 3.12. The van der Waals surface area contributed by atoms with Gasteiger partial charge in [0.05, 0.1) is 40.3 Å². The monoisotopic (exact) mass is 382 g/mol. The summed E-state index contributed by atoms with van der Waals surface area (Å²) in [5, 5.41) is -1.71. The van der Waals surface area contributed by atoms with Crippen LogP contribution < -0.4 is 10.3 Å². The molecule has 29 heavy (non-hydrogen) atoms. The normalized spacial score (nSPS) is 15.6. The van der Waals surface area contributed by atoms with Gasteiger partial charge in [-0.05, 0) is 38.7 Å². The van der Waals surface area contributed by atoms with Gasteiger partial charge in [-0.2, -0.15) is 0 Å². The highest BCUT2D eigenvalue weighted by Crippen LogP contribution is 2.31. The highest BCUT2D eigenvalue weighted by molar-refractivity contribution is 6.58. The number of pyridine rings is 1. The summed E-state index contributed by atoms with van der Waals surface area (Å²) in [7, 11) is 17.7. The highest BCUT2D eigenvalue weighted by Gasteiger charge is 2.23. The predicted octanol–water partition coefficient (Wildman–Crippen LogP) is 2.13. The van der Waals surface area contributed by atoms with Gasteiger partial charge in [0.15, 0.2) is 0 Å². The molecule has 3 aromatic rings. The Labute approximate surface area is 173 Å². The van der Waals surface area contributed by atoms with Gasteiger partial charge < -0.3 is 14.3 Å². The third kappa shape index (κ3) is 4.00. The van der Waals surface area contributed by atoms with E-state index in [4.69, 9.17) is 28.3 Å². The highest BCUT2D eigenvalue weighted by atomic mass is 16.5. The minimum Gasteiger partial charge on any atom is -0.474 e. The van der Waals surface area contributed by atoms with E-state index in [1.165, 1.54) is 6.42 Å². The van der Waals surface area contributed by atoms with Crippen molar-refractivity contribution in [2.75, 3.05) is 0 Å². The van der Waals surface area contributed by atoms with Crippen LogP contribution in [-0.2, 0) is 11.7 Å². The Balaban J connectivity index is 1.85. The molecule has 1 fully saturated rings. The Hall–Kier alpha value is -2.44. The number of hydrogen-bond donors (Lipinski definition) is 1. The number of rotatable bonds is 5. The maximum atomic E-state index is 12.3. The van der Waals surface area contributed by atoms with Crippen LogP contribution in [0.2, 0.25) is 0 Å². The zero-order chi connectivity index (χ0) is 20.6. The van der Waals surface area contributed by atoms with Gasteiger partial charge in [-0.1, -0.05) is 11.5 Å². The number of aromatic amines is 1. The molecule has 4 rings (SSSR count). The number of H-pyrrole nitrogens is 1. The van der Waals surface area contributed by atoms with E-state index < -0.39 is 5.11 Å². The minimum atomic E-state index is -1.71. The molecule has 6 radical (unpaired) electrons. The lowest BCUT2D eigenvalue weighted by Crippen LogP contribution is -2.30. The van der Waals surface area contributed by atoms with Gasteiger partial charge in [0, 0.05) is 30.4 Å². The lowest BCUT2D eigenvalue weighted by Gasteiger charge is -2.24. The molecule has 0 amide bonds. The standard InChI is InChI=1S/C20H21B3N4O2/c1-2-27-17(28)9-8-14-18(27)13(11-24-14)15-10-16(26-19(25-15)20(21,22)23)29-12-6-4-3-5-7-12/h8-12,24H,2-7H2,1H3. The van der Waals surface area contributed by atoms with Crippen LogP contribution in [0.3, 0.4) is 0 Å². The first-order chi connectivity index (χ1) is 13.9. The molecule has 0 unspecified atom stereocenters. The Morgan fingerprint density at radius 2 is 1.97 bits per heavy atom. The van der Waals surface area contributed by atoms with E-state index in [9.17, 15) is 4.79 Å².